The largest absolute Gasteiger partial charge is 0.508 e. The molecule has 0 bridgehead atoms. The highest BCUT2D eigenvalue weighted by Gasteiger charge is 2.27. The third-order valence-electron chi connectivity index (χ3n) is 6.83. The Balaban J connectivity index is 1.33. The Kier molecular flexibility index (Phi) is 16.3. The van der Waals surface area contributed by atoms with Gasteiger partial charge in [-0.3, -0.25) is 10.1 Å². The van der Waals surface area contributed by atoms with E-state index in [4.69, 9.17) is 0 Å². The molecule has 34 heavy (non-hydrogen) atoms. The van der Waals surface area contributed by atoms with Crippen molar-refractivity contribution in [2.24, 2.45) is 0 Å². The third-order valence-corrected chi connectivity index (χ3v) is 8.17. The monoisotopic (exact) mass is 490 g/mol. The number of carbonyl (C=O) groups excluding carboxylic acids is 1. The summed E-state index contributed by atoms with van der Waals surface area (Å²) in [6, 6.07) is 7.54. The van der Waals surface area contributed by atoms with E-state index >= 15 is 0 Å². The maximum Gasteiger partial charge on any atom is 0.221 e. The van der Waals surface area contributed by atoms with Crippen LogP contribution in [0.15, 0.2) is 24.3 Å². The predicted molar refractivity (Wildman–Crippen MR) is 147 cm³/mol. The molecule has 5 heteroatoms. The first-order chi connectivity index (χ1) is 16.7. The topological polar surface area (TPSA) is 61.4 Å². The minimum Gasteiger partial charge on any atom is -0.508 e. The summed E-state index contributed by atoms with van der Waals surface area (Å²) in [4.78, 5) is 12.3. The summed E-state index contributed by atoms with van der Waals surface area (Å²) in [5.41, 5.74) is 1.15. The number of hydrogen-bond acceptors (Lipinski definition) is 4. The fourth-order valence-corrected chi connectivity index (χ4v) is 5.96. The normalized spacial score (nSPS) is 17.8. The predicted octanol–water partition coefficient (Wildman–Crippen LogP) is 7.86. The molecule has 1 saturated heterocycles. The maximum atomic E-state index is 12.3. The number of carbonyl (C=O) groups is 1. The van der Waals surface area contributed by atoms with Crippen LogP contribution in [-0.2, 0) is 4.79 Å². The summed E-state index contributed by atoms with van der Waals surface area (Å²) in [5.74, 6) is 1.39. The van der Waals surface area contributed by atoms with E-state index in [1.165, 1.54) is 96.3 Å². The number of aromatic hydroxyl groups is 1. The zero-order chi connectivity index (χ0) is 24.3. The Labute approximate surface area is 213 Å². The molecule has 1 amide bonds. The number of benzene rings is 1. The van der Waals surface area contributed by atoms with Gasteiger partial charge in [0.15, 0.2) is 0 Å². The highest BCUT2D eigenvalue weighted by Crippen LogP contribution is 2.34. The lowest BCUT2D eigenvalue weighted by Crippen LogP contribution is -2.34. The molecule has 3 N–H and O–H groups in total. The van der Waals surface area contributed by atoms with Gasteiger partial charge in [0.25, 0.3) is 0 Å². The molecule has 0 aromatic heterocycles. The molecule has 1 aliphatic heterocycles. The first-order valence-corrected chi connectivity index (χ1v) is 15.2. The number of hydrogen-bond donors (Lipinski definition) is 3. The first-order valence-electron chi connectivity index (χ1n) is 14.1. The summed E-state index contributed by atoms with van der Waals surface area (Å²) >= 11 is 1.83. The molecule has 0 radical (unpaired) electrons. The van der Waals surface area contributed by atoms with Crippen molar-refractivity contribution in [3.8, 4) is 5.75 Å². The number of phenols is 1. The van der Waals surface area contributed by atoms with Gasteiger partial charge in [0.1, 0.15) is 5.75 Å². The van der Waals surface area contributed by atoms with Crippen LogP contribution in [0, 0.1) is 0 Å². The number of amides is 1. The molecule has 0 spiro atoms. The molecule has 4 nitrogen and oxygen atoms in total. The van der Waals surface area contributed by atoms with Gasteiger partial charge in [-0.2, -0.15) is 0 Å². The minimum absolute atomic E-state index is 0.158. The molecule has 1 unspecified atom stereocenters. The molecule has 0 saturated carbocycles. The van der Waals surface area contributed by atoms with Gasteiger partial charge >= 0.3 is 0 Å². The van der Waals surface area contributed by atoms with Crippen LogP contribution in [0.1, 0.15) is 127 Å². The van der Waals surface area contributed by atoms with Crippen LogP contribution >= 0.6 is 11.8 Å². The van der Waals surface area contributed by atoms with Crippen LogP contribution in [0.25, 0.3) is 0 Å². The Morgan fingerprint density at radius 3 is 1.88 bits per heavy atom. The van der Waals surface area contributed by atoms with Crippen molar-refractivity contribution < 1.29 is 9.90 Å². The van der Waals surface area contributed by atoms with Crippen LogP contribution < -0.4 is 10.6 Å². The van der Waals surface area contributed by atoms with Crippen molar-refractivity contribution in [1.29, 1.82) is 0 Å². The summed E-state index contributed by atoms with van der Waals surface area (Å²) in [6.07, 6.45) is 22.5. The number of rotatable bonds is 20. The molecule has 1 fully saturated rings. The van der Waals surface area contributed by atoms with Crippen LogP contribution in [0.4, 0.5) is 0 Å². The van der Waals surface area contributed by atoms with Crippen LogP contribution in [-0.4, -0.2) is 29.4 Å². The van der Waals surface area contributed by atoms with E-state index in [1.54, 1.807) is 12.1 Å². The lowest BCUT2D eigenvalue weighted by atomic mass is 10.0. The molecule has 2 atom stereocenters. The van der Waals surface area contributed by atoms with Gasteiger partial charge < -0.3 is 10.4 Å². The minimum atomic E-state index is 0.158. The summed E-state index contributed by atoms with van der Waals surface area (Å²) < 4.78 is 0. The van der Waals surface area contributed by atoms with Crippen LogP contribution in [0.3, 0.4) is 0 Å². The lowest BCUT2D eigenvalue weighted by molar-refractivity contribution is -0.121. The van der Waals surface area contributed by atoms with E-state index in [0.29, 0.717) is 6.42 Å². The van der Waals surface area contributed by atoms with Gasteiger partial charge in [-0.05, 0) is 24.1 Å². The lowest BCUT2D eigenvalue weighted by Gasteiger charge is -2.13. The molecule has 1 heterocycles. The number of thioether (sulfide) groups is 1. The second kappa shape index (κ2) is 19.0. The average Bonchev–Trinajstić information content (AvgIpc) is 3.30. The molecular weight excluding hydrogens is 440 g/mol. The molecule has 194 valence electrons. The van der Waals surface area contributed by atoms with Crippen molar-refractivity contribution in [3.63, 3.8) is 0 Å². The fraction of sp³-hybridized carbons (Fsp3) is 0.759. The quantitative estimate of drug-likeness (QED) is 0.163. The highest BCUT2D eigenvalue weighted by atomic mass is 32.2. The van der Waals surface area contributed by atoms with Gasteiger partial charge in [-0.1, -0.05) is 115 Å². The van der Waals surface area contributed by atoms with E-state index in [9.17, 15) is 9.90 Å². The summed E-state index contributed by atoms with van der Waals surface area (Å²) in [7, 11) is 0. The van der Waals surface area contributed by atoms with E-state index in [2.05, 4.69) is 17.6 Å². The Morgan fingerprint density at radius 1 is 0.853 bits per heavy atom. The van der Waals surface area contributed by atoms with Gasteiger partial charge in [-0.15, -0.1) is 11.8 Å². The van der Waals surface area contributed by atoms with E-state index in [1.807, 2.05) is 23.9 Å². The molecule has 1 aliphatic rings. The van der Waals surface area contributed by atoms with E-state index in [0.717, 1.165) is 24.3 Å². The van der Waals surface area contributed by atoms with Crippen molar-refractivity contribution in [3.05, 3.63) is 29.8 Å². The zero-order valence-corrected chi connectivity index (χ0v) is 22.5. The molecule has 1 aromatic rings. The average molecular weight is 491 g/mol. The summed E-state index contributed by atoms with van der Waals surface area (Å²) in [6.45, 7) is 3.09. The van der Waals surface area contributed by atoms with Gasteiger partial charge in [0, 0.05) is 24.8 Å². The molecular formula is C29H50N2O2S. The summed E-state index contributed by atoms with van der Waals surface area (Å²) in [5, 5.41) is 16.3. The van der Waals surface area contributed by atoms with Gasteiger partial charge in [0.05, 0.1) is 5.37 Å². The fourth-order valence-electron chi connectivity index (χ4n) is 4.68. The zero-order valence-electron chi connectivity index (χ0n) is 21.7. The third kappa shape index (κ3) is 13.6. The van der Waals surface area contributed by atoms with Crippen LogP contribution in [0.2, 0.25) is 0 Å². The standard InChI is InChI=1S/C29H50N2O2S/c1-2-3-4-5-6-7-8-9-10-11-12-13-14-15-16-17-22-30-28(33)23-26-24-34-29(31-26)25-18-20-27(32)21-19-25/h18-21,26,29,31-32H,2-17,22-24H2,1H3,(H,30,33)/t26-,29?/m1/s1. The van der Waals surface area contributed by atoms with Crippen molar-refractivity contribution >= 4 is 17.7 Å². The SMILES string of the molecule is CCCCCCCCCCCCCCCCCCNC(=O)C[C@@H]1CSC(c2ccc(O)cc2)N1. The number of unbranched alkanes of at least 4 members (excludes halogenated alkanes) is 15. The second-order valence-electron chi connectivity index (χ2n) is 10.0. The highest BCUT2D eigenvalue weighted by molar-refractivity contribution is 7.99. The maximum absolute atomic E-state index is 12.3. The van der Waals surface area contributed by atoms with Gasteiger partial charge in [0.2, 0.25) is 5.91 Å². The first kappa shape index (κ1) is 29.0. The van der Waals surface area contributed by atoms with Crippen LogP contribution in [0.5, 0.6) is 5.75 Å². The van der Waals surface area contributed by atoms with Gasteiger partial charge in [-0.25, -0.2) is 0 Å². The Hall–Kier alpha value is -1.20. The molecule has 2 rings (SSSR count). The Bertz CT molecular complexity index is 638. The van der Waals surface area contributed by atoms with E-state index in [-0.39, 0.29) is 23.1 Å². The second-order valence-corrected chi connectivity index (χ2v) is 11.2. The number of phenolic OH excluding ortho intramolecular Hbond substituents is 1. The van der Waals surface area contributed by atoms with Crippen molar-refractivity contribution in [2.45, 2.75) is 127 Å². The smallest absolute Gasteiger partial charge is 0.221 e. The molecule has 1 aromatic carbocycles. The number of nitrogens with one attached hydrogen (secondary N) is 2. The Morgan fingerprint density at radius 2 is 1.35 bits per heavy atom. The molecule has 0 aliphatic carbocycles. The van der Waals surface area contributed by atoms with E-state index < -0.39 is 0 Å². The van der Waals surface area contributed by atoms with Crippen molar-refractivity contribution in [1.82, 2.24) is 10.6 Å². The van der Waals surface area contributed by atoms with Crippen molar-refractivity contribution in [2.75, 3.05) is 12.3 Å².